The molecular formula is C24H24N2O4. The quantitative estimate of drug-likeness (QED) is 0.410. The zero-order chi connectivity index (χ0) is 21.4. The molecule has 0 saturated heterocycles. The molecule has 0 aliphatic heterocycles. The Bertz CT molecular complexity index is 866. The Morgan fingerprint density at radius 1 is 0.767 bits per heavy atom. The van der Waals surface area contributed by atoms with Crippen LogP contribution in [0.4, 0.5) is 0 Å². The summed E-state index contributed by atoms with van der Waals surface area (Å²) in [6.45, 7) is -1.02. The molecule has 0 aromatic heterocycles. The van der Waals surface area contributed by atoms with Crippen LogP contribution < -0.4 is 10.6 Å². The molecule has 0 aliphatic carbocycles. The number of aliphatic hydroxyl groups is 1. The van der Waals surface area contributed by atoms with Crippen molar-refractivity contribution in [3.8, 4) is 0 Å². The summed E-state index contributed by atoms with van der Waals surface area (Å²) >= 11 is 0. The lowest BCUT2D eigenvalue weighted by atomic mass is 9.76. The first-order valence-corrected chi connectivity index (χ1v) is 9.62. The van der Waals surface area contributed by atoms with Crippen molar-refractivity contribution in [3.63, 3.8) is 0 Å². The molecule has 3 aromatic carbocycles. The molecule has 6 heteroatoms. The van der Waals surface area contributed by atoms with Gasteiger partial charge in [-0.1, -0.05) is 91.0 Å². The van der Waals surface area contributed by atoms with Gasteiger partial charge in [-0.2, -0.15) is 0 Å². The maximum atomic E-state index is 12.7. The Morgan fingerprint density at radius 2 is 1.17 bits per heavy atom. The van der Waals surface area contributed by atoms with Crippen LogP contribution in [0.5, 0.6) is 0 Å². The second kappa shape index (κ2) is 9.82. The van der Waals surface area contributed by atoms with E-state index in [-0.39, 0.29) is 0 Å². The molecule has 0 saturated carbocycles. The Morgan fingerprint density at radius 3 is 1.50 bits per heavy atom. The zero-order valence-corrected chi connectivity index (χ0v) is 16.4. The molecule has 6 nitrogen and oxygen atoms in total. The Balaban J connectivity index is 2.16. The molecule has 0 unspecified atom stereocenters. The highest BCUT2D eigenvalue weighted by molar-refractivity contribution is 5.85. The second-order valence-electron chi connectivity index (χ2n) is 6.84. The standard InChI is InChI=1S/C24H24N2O4/c27-17-21(23(30)25-16-22(28)29)26-24(18-10-4-1-5-11-18,19-12-6-2-7-13-19)20-14-8-3-9-15-20/h1-15,21,26-27H,16-17H2,(H,25,30)(H,28,29)/t21-/m0/s1. The first kappa shape index (κ1) is 21.2. The number of aliphatic hydroxyl groups excluding tert-OH is 1. The van der Waals surface area contributed by atoms with Crippen molar-refractivity contribution >= 4 is 11.9 Å². The number of carbonyl (C=O) groups excluding carboxylic acids is 1. The minimum Gasteiger partial charge on any atom is -0.480 e. The van der Waals surface area contributed by atoms with Crippen molar-refractivity contribution in [3.05, 3.63) is 108 Å². The Labute approximate surface area is 175 Å². The molecule has 0 bridgehead atoms. The molecule has 0 aliphatic rings. The van der Waals surface area contributed by atoms with Gasteiger partial charge >= 0.3 is 5.97 Å². The number of hydrogen-bond acceptors (Lipinski definition) is 4. The fourth-order valence-corrected chi connectivity index (χ4v) is 3.56. The maximum absolute atomic E-state index is 12.7. The van der Waals surface area contributed by atoms with Gasteiger partial charge in [-0.25, -0.2) is 0 Å². The first-order valence-electron chi connectivity index (χ1n) is 9.62. The topological polar surface area (TPSA) is 98.7 Å². The van der Waals surface area contributed by atoms with Crippen molar-refractivity contribution in [2.45, 2.75) is 11.6 Å². The van der Waals surface area contributed by atoms with Crippen LogP contribution in [-0.4, -0.2) is 41.3 Å². The third-order valence-electron chi connectivity index (χ3n) is 4.92. The number of carboxylic acids is 1. The van der Waals surface area contributed by atoms with Crippen molar-refractivity contribution in [1.82, 2.24) is 10.6 Å². The molecule has 0 fully saturated rings. The molecule has 0 radical (unpaired) electrons. The normalized spacial score (nSPS) is 12.2. The molecular weight excluding hydrogens is 380 g/mol. The van der Waals surface area contributed by atoms with Crippen molar-refractivity contribution in [2.75, 3.05) is 13.2 Å². The number of rotatable bonds is 9. The molecule has 0 heterocycles. The van der Waals surface area contributed by atoms with Crippen LogP contribution in [0.3, 0.4) is 0 Å². The van der Waals surface area contributed by atoms with E-state index in [2.05, 4.69) is 10.6 Å². The van der Waals surface area contributed by atoms with Crippen molar-refractivity contribution < 1.29 is 19.8 Å². The smallest absolute Gasteiger partial charge is 0.322 e. The molecule has 1 atom stereocenters. The minimum atomic E-state index is -1.15. The van der Waals surface area contributed by atoms with E-state index in [1.165, 1.54) is 0 Å². The van der Waals surface area contributed by atoms with Crippen molar-refractivity contribution in [2.24, 2.45) is 0 Å². The number of aliphatic carboxylic acids is 1. The van der Waals surface area contributed by atoms with Crippen molar-refractivity contribution in [1.29, 1.82) is 0 Å². The average Bonchev–Trinajstić information content (AvgIpc) is 2.80. The van der Waals surface area contributed by atoms with Gasteiger partial charge in [-0.05, 0) is 16.7 Å². The molecule has 3 aromatic rings. The third-order valence-corrected chi connectivity index (χ3v) is 4.92. The van der Waals surface area contributed by atoms with E-state index in [1.54, 1.807) is 0 Å². The van der Waals surface area contributed by atoms with E-state index in [4.69, 9.17) is 5.11 Å². The summed E-state index contributed by atoms with van der Waals surface area (Å²) in [6, 6.07) is 27.9. The highest BCUT2D eigenvalue weighted by Gasteiger charge is 2.39. The summed E-state index contributed by atoms with van der Waals surface area (Å²) in [5, 5.41) is 24.6. The zero-order valence-electron chi connectivity index (χ0n) is 16.4. The Hall–Kier alpha value is -3.48. The van der Waals surface area contributed by atoms with E-state index in [1.807, 2.05) is 91.0 Å². The van der Waals surface area contributed by atoms with E-state index in [0.717, 1.165) is 16.7 Å². The van der Waals surface area contributed by atoms with E-state index in [9.17, 15) is 14.7 Å². The van der Waals surface area contributed by atoms with Gasteiger partial charge in [0.15, 0.2) is 0 Å². The number of nitrogens with one attached hydrogen (secondary N) is 2. The van der Waals surface area contributed by atoms with Crippen LogP contribution in [0, 0.1) is 0 Å². The minimum absolute atomic E-state index is 0.500. The molecule has 1 amide bonds. The lowest BCUT2D eigenvalue weighted by Crippen LogP contribution is -2.57. The Kier molecular flexibility index (Phi) is 6.95. The van der Waals surface area contributed by atoms with Gasteiger partial charge in [0.25, 0.3) is 0 Å². The lowest BCUT2D eigenvalue weighted by Gasteiger charge is -2.39. The summed E-state index contributed by atoms with van der Waals surface area (Å²) in [7, 11) is 0. The van der Waals surface area contributed by atoms with Gasteiger partial charge < -0.3 is 15.5 Å². The number of benzene rings is 3. The van der Waals surface area contributed by atoms with Gasteiger partial charge in [-0.15, -0.1) is 0 Å². The van der Waals surface area contributed by atoms with Crippen LogP contribution in [0.25, 0.3) is 0 Å². The van der Waals surface area contributed by atoms with Gasteiger partial charge in [0.2, 0.25) is 5.91 Å². The molecule has 154 valence electrons. The lowest BCUT2D eigenvalue weighted by molar-refractivity contribution is -0.138. The molecule has 3 rings (SSSR count). The fourth-order valence-electron chi connectivity index (χ4n) is 3.56. The van der Waals surface area contributed by atoms with E-state index >= 15 is 0 Å². The van der Waals surface area contributed by atoms with Gasteiger partial charge in [0.05, 0.1) is 12.1 Å². The summed E-state index contributed by atoms with van der Waals surface area (Å²) < 4.78 is 0. The maximum Gasteiger partial charge on any atom is 0.322 e. The number of hydrogen-bond donors (Lipinski definition) is 4. The monoisotopic (exact) mass is 404 g/mol. The van der Waals surface area contributed by atoms with Crippen LogP contribution in [0.15, 0.2) is 91.0 Å². The van der Waals surface area contributed by atoms with Gasteiger partial charge in [0, 0.05) is 0 Å². The predicted octanol–water partition coefficient (Wildman–Crippen LogP) is 2.13. The average molecular weight is 404 g/mol. The van der Waals surface area contributed by atoms with E-state index < -0.39 is 36.6 Å². The summed E-state index contributed by atoms with van der Waals surface area (Å²) in [5.41, 5.74) is 1.70. The largest absolute Gasteiger partial charge is 0.480 e. The van der Waals surface area contributed by atoms with Gasteiger partial charge in [-0.3, -0.25) is 14.9 Å². The molecule has 4 N–H and O–H groups in total. The van der Waals surface area contributed by atoms with Crippen LogP contribution in [0.1, 0.15) is 16.7 Å². The predicted molar refractivity (Wildman–Crippen MR) is 114 cm³/mol. The van der Waals surface area contributed by atoms with Crippen LogP contribution in [-0.2, 0) is 15.1 Å². The fraction of sp³-hybridized carbons (Fsp3) is 0.167. The number of amides is 1. The van der Waals surface area contributed by atoms with Gasteiger partial charge in [0.1, 0.15) is 12.6 Å². The number of carbonyl (C=O) groups is 2. The first-order chi connectivity index (χ1) is 14.6. The highest BCUT2D eigenvalue weighted by Crippen LogP contribution is 2.37. The summed E-state index contributed by atoms with van der Waals surface area (Å²) in [4.78, 5) is 23.5. The SMILES string of the molecule is O=C(O)CNC(=O)[C@H](CO)NC(c1ccccc1)(c1ccccc1)c1ccccc1. The molecule has 0 spiro atoms. The van der Waals surface area contributed by atoms with Crippen LogP contribution in [0.2, 0.25) is 0 Å². The third kappa shape index (κ3) is 4.56. The summed E-state index contributed by atoms with van der Waals surface area (Å²) in [5.74, 6) is -1.74. The summed E-state index contributed by atoms with van der Waals surface area (Å²) in [6.07, 6.45) is 0. The van der Waals surface area contributed by atoms with E-state index in [0.29, 0.717) is 0 Å². The number of carboxylic acid groups (broad SMARTS) is 1. The van der Waals surface area contributed by atoms with Crippen LogP contribution >= 0.6 is 0 Å². The second-order valence-corrected chi connectivity index (χ2v) is 6.84. The highest BCUT2D eigenvalue weighted by atomic mass is 16.4. The molecule has 30 heavy (non-hydrogen) atoms.